The summed E-state index contributed by atoms with van der Waals surface area (Å²) in [5, 5.41) is 4.87. The van der Waals surface area contributed by atoms with Crippen molar-refractivity contribution in [1.82, 2.24) is 15.3 Å². The minimum atomic E-state index is 0.470. The quantitative estimate of drug-likeness (QED) is 0.914. The summed E-state index contributed by atoms with van der Waals surface area (Å²) in [7, 11) is 0. The van der Waals surface area contributed by atoms with Crippen LogP contribution in [0.3, 0.4) is 0 Å². The van der Waals surface area contributed by atoms with Gasteiger partial charge >= 0.3 is 0 Å². The Balaban J connectivity index is 1.77. The van der Waals surface area contributed by atoms with Gasteiger partial charge in [0.25, 0.3) is 0 Å². The van der Waals surface area contributed by atoms with Crippen molar-refractivity contribution in [2.24, 2.45) is 0 Å². The molecule has 0 aromatic carbocycles. The Morgan fingerprint density at radius 3 is 3.20 bits per heavy atom. The summed E-state index contributed by atoms with van der Waals surface area (Å²) < 4.78 is 0. The van der Waals surface area contributed by atoms with Crippen LogP contribution in [-0.4, -0.2) is 16.5 Å². The highest BCUT2D eigenvalue weighted by Gasteiger charge is 2.24. The van der Waals surface area contributed by atoms with Gasteiger partial charge in [-0.1, -0.05) is 13.0 Å². The second kappa shape index (κ2) is 6.46. The first kappa shape index (κ1) is 13.7. The lowest BCUT2D eigenvalue weighted by molar-refractivity contribution is 0.454. The van der Waals surface area contributed by atoms with Crippen molar-refractivity contribution in [3.63, 3.8) is 0 Å². The van der Waals surface area contributed by atoms with Gasteiger partial charge in [0.1, 0.15) is 0 Å². The van der Waals surface area contributed by atoms with Gasteiger partial charge in [-0.3, -0.25) is 4.98 Å². The zero-order chi connectivity index (χ0) is 13.8. The van der Waals surface area contributed by atoms with Crippen LogP contribution in [0.5, 0.6) is 0 Å². The van der Waals surface area contributed by atoms with Gasteiger partial charge in [-0.15, -0.1) is 11.3 Å². The third-order valence-corrected chi connectivity index (χ3v) is 4.85. The molecular weight excluding hydrogens is 266 g/mol. The molecule has 1 unspecified atom stereocenters. The van der Waals surface area contributed by atoms with Gasteiger partial charge in [0.15, 0.2) is 0 Å². The monoisotopic (exact) mass is 287 g/mol. The number of nitrogens with zero attached hydrogens (tertiary/aromatic N) is 2. The van der Waals surface area contributed by atoms with Crippen LogP contribution < -0.4 is 5.32 Å². The molecule has 0 saturated heterocycles. The average Bonchev–Trinajstić information content (AvgIpc) is 2.89. The molecule has 0 saturated carbocycles. The topological polar surface area (TPSA) is 37.8 Å². The van der Waals surface area contributed by atoms with Gasteiger partial charge in [0.2, 0.25) is 0 Å². The molecule has 3 rings (SSSR count). The molecule has 3 nitrogen and oxygen atoms in total. The van der Waals surface area contributed by atoms with E-state index in [1.807, 2.05) is 29.8 Å². The van der Waals surface area contributed by atoms with E-state index < -0.39 is 0 Å². The molecule has 0 fully saturated rings. The summed E-state index contributed by atoms with van der Waals surface area (Å²) >= 11 is 1.89. The summed E-state index contributed by atoms with van der Waals surface area (Å²) in [5.74, 6) is 0. The Hall–Kier alpha value is -1.26. The van der Waals surface area contributed by atoms with E-state index in [0.717, 1.165) is 13.0 Å². The van der Waals surface area contributed by atoms with Crippen LogP contribution in [0.25, 0.3) is 0 Å². The van der Waals surface area contributed by atoms with E-state index in [1.165, 1.54) is 46.8 Å². The first-order valence-corrected chi connectivity index (χ1v) is 8.29. The van der Waals surface area contributed by atoms with Crippen molar-refractivity contribution in [3.05, 3.63) is 45.7 Å². The highest BCUT2D eigenvalue weighted by atomic mass is 32.1. The van der Waals surface area contributed by atoms with Crippen LogP contribution in [0.2, 0.25) is 0 Å². The van der Waals surface area contributed by atoms with Crippen LogP contribution in [0, 0.1) is 0 Å². The molecule has 0 radical (unpaired) electrons. The lowest BCUT2D eigenvalue weighted by atomic mass is 9.97. The molecule has 106 valence electrons. The standard InChI is InChI=1S/C16H21N3S/c1-2-8-18-13-6-3-7-14-16(13)19-15(20-14)10-12-5-4-9-17-11-12/h4-5,9,11,13,18H,2-3,6-8,10H2,1H3. The van der Waals surface area contributed by atoms with E-state index in [2.05, 4.69) is 23.3 Å². The number of hydrogen-bond acceptors (Lipinski definition) is 4. The highest BCUT2D eigenvalue weighted by Crippen LogP contribution is 2.33. The largest absolute Gasteiger partial charge is 0.309 e. The Kier molecular flexibility index (Phi) is 4.43. The molecule has 0 aliphatic heterocycles. The van der Waals surface area contributed by atoms with Crippen molar-refractivity contribution < 1.29 is 0 Å². The van der Waals surface area contributed by atoms with Gasteiger partial charge < -0.3 is 5.32 Å². The fourth-order valence-corrected chi connectivity index (χ4v) is 3.95. The molecule has 0 spiro atoms. The number of hydrogen-bond donors (Lipinski definition) is 1. The molecular formula is C16H21N3S. The molecule has 20 heavy (non-hydrogen) atoms. The molecule has 2 heterocycles. The number of thiazole rings is 1. The molecule has 1 N–H and O–H groups in total. The second-order valence-electron chi connectivity index (χ2n) is 5.35. The van der Waals surface area contributed by atoms with Crippen molar-refractivity contribution in [2.75, 3.05) is 6.54 Å². The van der Waals surface area contributed by atoms with Gasteiger partial charge in [0, 0.05) is 23.7 Å². The molecule has 0 amide bonds. The van der Waals surface area contributed by atoms with Gasteiger partial charge in [-0.05, 0) is 43.9 Å². The summed E-state index contributed by atoms with van der Waals surface area (Å²) in [6.07, 6.45) is 9.55. The van der Waals surface area contributed by atoms with Crippen LogP contribution in [0.15, 0.2) is 24.5 Å². The van der Waals surface area contributed by atoms with E-state index in [0.29, 0.717) is 6.04 Å². The highest BCUT2D eigenvalue weighted by molar-refractivity contribution is 7.11. The third kappa shape index (κ3) is 3.07. The molecule has 1 aliphatic rings. The van der Waals surface area contributed by atoms with Crippen LogP contribution in [-0.2, 0) is 12.8 Å². The number of pyridine rings is 1. The zero-order valence-corrected chi connectivity index (χ0v) is 12.7. The molecule has 2 aromatic rings. The van der Waals surface area contributed by atoms with E-state index in [1.54, 1.807) is 0 Å². The molecule has 2 aromatic heterocycles. The number of rotatable bonds is 5. The van der Waals surface area contributed by atoms with Gasteiger partial charge in [0.05, 0.1) is 16.7 Å². The zero-order valence-electron chi connectivity index (χ0n) is 11.9. The minimum Gasteiger partial charge on any atom is -0.309 e. The Bertz CT molecular complexity index is 550. The predicted molar refractivity (Wildman–Crippen MR) is 83.1 cm³/mol. The number of aryl methyl sites for hydroxylation is 1. The van der Waals surface area contributed by atoms with Crippen molar-refractivity contribution in [3.8, 4) is 0 Å². The van der Waals surface area contributed by atoms with Crippen molar-refractivity contribution in [1.29, 1.82) is 0 Å². The normalized spacial score (nSPS) is 17.9. The van der Waals surface area contributed by atoms with Crippen LogP contribution >= 0.6 is 11.3 Å². The maximum absolute atomic E-state index is 4.91. The second-order valence-corrected chi connectivity index (χ2v) is 6.52. The Morgan fingerprint density at radius 2 is 2.40 bits per heavy atom. The lowest BCUT2D eigenvalue weighted by Gasteiger charge is -2.22. The van der Waals surface area contributed by atoms with Gasteiger partial charge in [-0.25, -0.2) is 4.98 Å². The minimum absolute atomic E-state index is 0.470. The molecule has 1 aliphatic carbocycles. The molecule has 1 atom stereocenters. The van der Waals surface area contributed by atoms with Gasteiger partial charge in [-0.2, -0.15) is 0 Å². The van der Waals surface area contributed by atoms with Crippen molar-refractivity contribution >= 4 is 11.3 Å². The maximum atomic E-state index is 4.91. The summed E-state index contributed by atoms with van der Waals surface area (Å²) in [4.78, 5) is 10.6. The first-order chi connectivity index (χ1) is 9.86. The number of aromatic nitrogens is 2. The third-order valence-electron chi connectivity index (χ3n) is 3.72. The SMILES string of the molecule is CCCNC1CCCc2sc(Cc3cccnc3)nc21. The summed E-state index contributed by atoms with van der Waals surface area (Å²) in [6.45, 7) is 3.30. The average molecular weight is 287 g/mol. The van der Waals surface area contributed by atoms with E-state index in [4.69, 9.17) is 4.98 Å². The smallest absolute Gasteiger partial charge is 0.0976 e. The molecule has 4 heteroatoms. The predicted octanol–water partition coefficient (Wildman–Crippen LogP) is 3.51. The van der Waals surface area contributed by atoms with E-state index in [-0.39, 0.29) is 0 Å². The lowest BCUT2D eigenvalue weighted by Crippen LogP contribution is -2.25. The summed E-state index contributed by atoms with van der Waals surface area (Å²) in [6, 6.07) is 4.59. The van der Waals surface area contributed by atoms with Crippen LogP contribution in [0.1, 0.15) is 53.4 Å². The fourth-order valence-electron chi connectivity index (χ4n) is 2.74. The Labute approximate surface area is 124 Å². The van der Waals surface area contributed by atoms with Crippen molar-refractivity contribution in [2.45, 2.75) is 45.1 Å². The first-order valence-electron chi connectivity index (χ1n) is 7.47. The van der Waals surface area contributed by atoms with E-state index in [9.17, 15) is 0 Å². The molecule has 0 bridgehead atoms. The maximum Gasteiger partial charge on any atom is 0.0976 e. The Morgan fingerprint density at radius 1 is 1.45 bits per heavy atom. The number of fused-ring (bicyclic) bond motifs is 1. The summed E-state index contributed by atoms with van der Waals surface area (Å²) in [5.41, 5.74) is 2.56. The fraction of sp³-hybridized carbons (Fsp3) is 0.500. The van der Waals surface area contributed by atoms with E-state index >= 15 is 0 Å². The number of nitrogens with one attached hydrogen (secondary N) is 1. The van der Waals surface area contributed by atoms with Crippen LogP contribution in [0.4, 0.5) is 0 Å².